The van der Waals surface area contributed by atoms with Gasteiger partial charge in [-0.3, -0.25) is 28.9 Å². The van der Waals surface area contributed by atoms with Gasteiger partial charge in [-0.05, 0) is 29.8 Å². The lowest BCUT2D eigenvalue weighted by Gasteiger charge is -2.13. The number of carbonyl (C=O) groups excluding carboxylic acids is 3. The van der Waals surface area contributed by atoms with Crippen molar-refractivity contribution in [1.29, 1.82) is 0 Å². The van der Waals surface area contributed by atoms with Crippen LogP contribution < -0.4 is 5.32 Å². The number of benzene rings is 1. The van der Waals surface area contributed by atoms with E-state index >= 15 is 0 Å². The Morgan fingerprint density at radius 1 is 1.07 bits per heavy atom. The smallest absolute Gasteiger partial charge is 0.262 e. The fourth-order valence-electron chi connectivity index (χ4n) is 3.16. The Morgan fingerprint density at radius 3 is 2.43 bits per heavy atom. The molecule has 3 heterocycles. The van der Waals surface area contributed by atoms with Crippen LogP contribution >= 0.6 is 0 Å². The van der Waals surface area contributed by atoms with Crippen LogP contribution in [0.3, 0.4) is 0 Å². The quantitative estimate of drug-likeness (QED) is 0.680. The number of hydrogen-bond donors (Lipinski definition) is 1. The number of fused-ring (bicyclic) bond motifs is 1. The van der Waals surface area contributed by atoms with Crippen molar-refractivity contribution >= 4 is 17.7 Å². The van der Waals surface area contributed by atoms with Crippen molar-refractivity contribution in [3.8, 4) is 11.3 Å². The summed E-state index contributed by atoms with van der Waals surface area (Å²) in [5, 5.41) is 6.87. The van der Waals surface area contributed by atoms with Gasteiger partial charge in [0.05, 0.1) is 16.8 Å². The van der Waals surface area contributed by atoms with E-state index in [0.29, 0.717) is 11.1 Å². The summed E-state index contributed by atoms with van der Waals surface area (Å²) in [4.78, 5) is 42.1. The number of aryl methyl sites for hydroxylation is 1. The Labute approximate surface area is 160 Å². The first-order valence-corrected chi connectivity index (χ1v) is 8.69. The summed E-state index contributed by atoms with van der Waals surface area (Å²) >= 11 is 0. The summed E-state index contributed by atoms with van der Waals surface area (Å²) in [6, 6.07) is 10.3. The molecule has 1 N–H and O–H groups in total. The second-order valence-corrected chi connectivity index (χ2v) is 6.44. The fourth-order valence-corrected chi connectivity index (χ4v) is 3.16. The highest BCUT2D eigenvalue weighted by Crippen LogP contribution is 2.22. The molecule has 0 aliphatic carbocycles. The molecule has 1 aliphatic rings. The maximum atomic E-state index is 12.3. The van der Waals surface area contributed by atoms with Crippen molar-refractivity contribution in [2.75, 3.05) is 6.54 Å². The number of pyridine rings is 1. The van der Waals surface area contributed by atoms with Crippen molar-refractivity contribution in [2.24, 2.45) is 7.05 Å². The molecule has 1 aromatic carbocycles. The van der Waals surface area contributed by atoms with E-state index in [1.54, 1.807) is 47.5 Å². The van der Waals surface area contributed by atoms with Crippen LogP contribution in [0.25, 0.3) is 11.3 Å². The highest BCUT2D eigenvalue weighted by molar-refractivity contribution is 6.22. The maximum Gasteiger partial charge on any atom is 0.262 e. The Hall–Kier alpha value is -3.81. The van der Waals surface area contributed by atoms with Crippen LogP contribution in [0.2, 0.25) is 0 Å². The third kappa shape index (κ3) is 3.16. The first-order chi connectivity index (χ1) is 13.5. The molecule has 0 bridgehead atoms. The third-order valence-electron chi connectivity index (χ3n) is 4.58. The molecule has 8 heteroatoms. The van der Waals surface area contributed by atoms with E-state index in [1.807, 2.05) is 19.2 Å². The normalized spacial score (nSPS) is 13.0. The molecule has 140 valence electrons. The summed E-state index contributed by atoms with van der Waals surface area (Å²) in [5.41, 5.74) is 3.25. The van der Waals surface area contributed by atoms with Crippen LogP contribution in [0.1, 0.15) is 26.3 Å². The summed E-state index contributed by atoms with van der Waals surface area (Å²) in [5.74, 6) is -1.31. The van der Waals surface area contributed by atoms with E-state index in [1.165, 1.54) is 0 Å². The van der Waals surface area contributed by atoms with Gasteiger partial charge in [0.25, 0.3) is 11.8 Å². The van der Waals surface area contributed by atoms with E-state index in [4.69, 9.17) is 0 Å². The maximum absolute atomic E-state index is 12.3. The van der Waals surface area contributed by atoms with E-state index in [0.717, 1.165) is 21.7 Å². The Bertz CT molecular complexity index is 1050. The molecule has 0 unspecified atom stereocenters. The van der Waals surface area contributed by atoms with Crippen LogP contribution in [0.5, 0.6) is 0 Å². The second-order valence-electron chi connectivity index (χ2n) is 6.44. The van der Waals surface area contributed by atoms with Crippen molar-refractivity contribution in [3.63, 3.8) is 0 Å². The van der Waals surface area contributed by atoms with Gasteiger partial charge in [-0.15, -0.1) is 0 Å². The number of amides is 3. The number of rotatable bonds is 5. The Balaban J connectivity index is 1.40. The molecule has 0 radical (unpaired) electrons. The molecule has 1 aliphatic heterocycles. The van der Waals surface area contributed by atoms with Gasteiger partial charge in [0.15, 0.2) is 0 Å². The molecule has 0 saturated carbocycles. The minimum atomic E-state index is -0.448. The molecule has 0 fully saturated rings. The van der Waals surface area contributed by atoms with E-state index in [2.05, 4.69) is 15.4 Å². The third-order valence-corrected chi connectivity index (χ3v) is 4.58. The van der Waals surface area contributed by atoms with Gasteiger partial charge in [-0.25, -0.2) is 0 Å². The zero-order valence-electron chi connectivity index (χ0n) is 15.1. The lowest BCUT2D eigenvalue weighted by molar-refractivity contribution is -0.121. The SMILES string of the molecule is Cn1nccc1-c1cncc(CNC(=O)CN2C(=O)c3ccccc3C2=O)c1. The molecule has 0 saturated heterocycles. The van der Waals surface area contributed by atoms with Crippen LogP contribution in [-0.2, 0) is 18.4 Å². The predicted octanol–water partition coefficient (Wildman–Crippen LogP) is 1.39. The predicted molar refractivity (Wildman–Crippen MR) is 100 cm³/mol. The first-order valence-electron chi connectivity index (χ1n) is 8.69. The van der Waals surface area contributed by atoms with Crippen LogP contribution in [0.4, 0.5) is 0 Å². The van der Waals surface area contributed by atoms with Crippen molar-refractivity contribution in [1.82, 2.24) is 25.0 Å². The Morgan fingerprint density at radius 2 is 1.79 bits per heavy atom. The number of imide groups is 1. The minimum absolute atomic E-state index is 0.237. The number of hydrogen-bond acceptors (Lipinski definition) is 5. The molecule has 0 spiro atoms. The average molecular weight is 375 g/mol. The van der Waals surface area contributed by atoms with E-state index in [9.17, 15) is 14.4 Å². The molecule has 0 atom stereocenters. The first kappa shape index (κ1) is 17.6. The lowest BCUT2D eigenvalue weighted by atomic mass is 10.1. The fraction of sp³-hybridized carbons (Fsp3) is 0.150. The van der Waals surface area contributed by atoms with Crippen molar-refractivity contribution < 1.29 is 14.4 Å². The van der Waals surface area contributed by atoms with Crippen LogP contribution in [0.15, 0.2) is 55.0 Å². The van der Waals surface area contributed by atoms with Gasteiger partial charge in [-0.1, -0.05) is 12.1 Å². The van der Waals surface area contributed by atoms with Gasteiger partial charge in [0.1, 0.15) is 6.54 Å². The van der Waals surface area contributed by atoms with Crippen molar-refractivity contribution in [2.45, 2.75) is 6.54 Å². The summed E-state index contributed by atoms with van der Waals surface area (Å²) in [6.45, 7) is -0.0815. The standard InChI is InChI=1S/C20H17N5O3/c1-24-17(6-7-23-24)14-8-13(9-21-11-14)10-22-18(26)12-25-19(27)15-4-2-3-5-16(15)20(25)28/h2-9,11H,10,12H2,1H3,(H,22,26). The molecule has 3 aromatic rings. The van der Waals surface area contributed by atoms with Crippen LogP contribution in [0, 0.1) is 0 Å². The van der Waals surface area contributed by atoms with E-state index in [-0.39, 0.29) is 13.1 Å². The topological polar surface area (TPSA) is 97.2 Å². The summed E-state index contributed by atoms with van der Waals surface area (Å²) < 4.78 is 1.74. The lowest BCUT2D eigenvalue weighted by Crippen LogP contribution is -2.40. The van der Waals surface area contributed by atoms with E-state index < -0.39 is 17.7 Å². The number of nitrogens with zero attached hydrogens (tertiary/aromatic N) is 4. The zero-order chi connectivity index (χ0) is 19.7. The summed E-state index contributed by atoms with van der Waals surface area (Å²) in [7, 11) is 1.84. The van der Waals surface area contributed by atoms with Gasteiger partial charge >= 0.3 is 0 Å². The van der Waals surface area contributed by atoms with Crippen molar-refractivity contribution in [3.05, 3.63) is 71.7 Å². The minimum Gasteiger partial charge on any atom is -0.350 e. The molecular weight excluding hydrogens is 358 g/mol. The average Bonchev–Trinajstić information content (AvgIpc) is 3.24. The highest BCUT2D eigenvalue weighted by Gasteiger charge is 2.36. The van der Waals surface area contributed by atoms with Gasteiger partial charge < -0.3 is 5.32 Å². The van der Waals surface area contributed by atoms with Gasteiger partial charge in [0.2, 0.25) is 5.91 Å². The molecule has 2 aromatic heterocycles. The monoisotopic (exact) mass is 375 g/mol. The zero-order valence-corrected chi connectivity index (χ0v) is 15.1. The molecule has 3 amide bonds. The molecule has 4 rings (SSSR count). The van der Waals surface area contributed by atoms with Crippen LogP contribution in [-0.4, -0.2) is 43.9 Å². The number of aromatic nitrogens is 3. The summed E-state index contributed by atoms with van der Waals surface area (Å²) in [6.07, 6.45) is 5.08. The molecule has 8 nitrogen and oxygen atoms in total. The Kier molecular flexibility index (Phi) is 4.44. The highest BCUT2D eigenvalue weighted by atomic mass is 16.2. The second kappa shape index (κ2) is 7.07. The number of nitrogens with one attached hydrogen (secondary N) is 1. The van der Waals surface area contributed by atoms with Gasteiger partial charge in [-0.2, -0.15) is 5.10 Å². The largest absolute Gasteiger partial charge is 0.350 e. The number of carbonyl (C=O) groups is 3. The molecular formula is C20H17N5O3. The van der Waals surface area contributed by atoms with Gasteiger partial charge in [0, 0.05) is 37.7 Å². The molecule has 28 heavy (non-hydrogen) atoms.